The molecule has 0 radical (unpaired) electrons. The second kappa shape index (κ2) is 6.53. The van der Waals surface area contributed by atoms with Gasteiger partial charge in [0.25, 0.3) is 0 Å². The van der Waals surface area contributed by atoms with Crippen molar-refractivity contribution >= 4 is 5.91 Å². The largest absolute Gasteiger partial charge is 0.372 e. The van der Waals surface area contributed by atoms with Crippen molar-refractivity contribution in [3.63, 3.8) is 0 Å². The minimum absolute atomic E-state index is 0.0167. The van der Waals surface area contributed by atoms with E-state index in [-0.39, 0.29) is 17.6 Å². The molecule has 106 valence electrons. The zero-order chi connectivity index (χ0) is 13.8. The SMILES string of the molecule is COC(C)C(=O)NCC1(N(C)C)CCCC(C)C1. The van der Waals surface area contributed by atoms with Crippen molar-refractivity contribution in [3.8, 4) is 0 Å². The fraction of sp³-hybridized carbons (Fsp3) is 0.929. The van der Waals surface area contributed by atoms with Crippen molar-refractivity contribution in [2.24, 2.45) is 5.92 Å². The highest BCUT2D eigenvalue weighted by Crippen LogP contribution is 2.35. The number of amides is 1. The topological polar surface area (TPSA) is 41.6 Å². The lowest BCUT2D eigenvalue weighted by molar-refractivity contribution is -0.130. The summed E-state index contributed by atoms with van der Waals surface area (Å²) in [5.41, 5.74) is 0.112. The van der Waals surface area contributed by atoms with Gasteiger partial charge in [-0.1, -0.05) is 19.8 Å². The van der Waals surface area contributed by atoms with E-state index in [1.54, 1.807) is 14.0 Å². The summed E-state index contributed by atoms with van der Waals surface area (Å²) in [7, 11) is 5.79. The highest BCUT2D eigenvalue weighted by molar-refractivity contribution is 5.80. The summed E-state index contributed by atoms with van der Waals surface area (Å²) in [6, 6.07) is 0. The standard InChI is InChI=1S/C14H28N2O2/c1-11-7-6-8-14(9-11,16(3)4)10-15-13(17)12(2)18-5/h11-12H,6-10H2,1-5H3,(H,15,17). The van der Waals surface area contributed by atoms with Gasteiger partial charge in [-0.2, -0.15) is 0 Å². The Hall–Kier alpha value is -0.610. The van der Waals surface area contributed by atoms with E-state index in [2.05, 4.69) is 31.2 Å². The van der Waals surface area contributed by atoms with Gasteiger partial charge in [-0.15, -0.1) is 0 Å². The Bertz CT molecular complexity index is 281. The van der Waals surface area contributed by atoms with Crippen LogP contribution in [-0.4, -0.2) is 50.2 Å². The highest BCUT2D eigenvalue weighted by atomic mass is 16.5. The Labute approximate surface area is 111 Å². The van der Waals surface area contributed by atoms with Crippen molar-refractivity contribution in [2.75, 3.05) is 27.7 Å². The number of hydrogen-bond acceptors (Lipinski definition) is 3. The summed E-state index contributed by atoms with van der Waals surface area (Å²) in [4.78, 5) is 14.1. The van der Waals surface area contributed by atoms with Crippen molar-refractivity contribution in [3.05, 3.63) is 0 Å². The number of rotatable bonds is 5. The average Bonchev–Trinajstić information content (AvgIpc) is 2.34. The monoisotopic (exact) mass is 256 g/mol. The second-order valence-electron chi connectivity index (χ2n) is 5.92. The van der Waals surface area contributed by atoms with Crippen LogP contribution in [0.25, 0.3) is 0 Å². The molecule has 1 saturated carbocycles. The van der Waals surface area contributed by atoms with Gasteiger partial charge in [-0.05, 0) is 39.8 Å². The molecule has 1 amide bonds. The molecule has 1 rings (SSSR count). The first-order valence-electron chi connectivity index (χ1n) is 6.89. The quantitative estimate of drug-likeness (QED) is 0.813. The van der Waals surface area contributed by atoms with Gasteiger partial charge < -0.3 is 15.0 Å². The van der Waals surface area contributed by atoms with Crippen LogP contribution >= 0.6 is 0 Å². The van der Waals surface area contributed by atoms with Crippen LogP contribution in [0.5, 0.6) is 0 Å². The Morgan fingerprint density at radius 2 is 2.22 bits per heavy atom. The van der Waals surface area contributed by atoms with Crippen LogP contribution in [-0.2, 0) is 9.53 Å². The molecule has 0 bridgehead atoms. The van der Waals surface area contributed by atoms with E-state index < -0.39 is 0 Å². The van der Waals surface area contributed by atoms with Gasteiger partial charge in [-0.3, -0.25) is 4.79 Å². The highest BCUT2D eigenvalue weighted by Gasteiger charge is 2.37. The van der Waals surface area contributed by atoms with E-state index >= 15 is 0 Å². The smallest absolute Gasteiger partial charge is 0.248 e. The molecule has 0 saturated heterocycles. The second-order valence-corrected chi connectivity index (χ2v) is 5.92. The molecular weight excluding hydrogens is 228 g/mol. The van der Waals surface area contributed by atoms with Gasteiger partial charge >= 0.3 is 0 Å². The van der Waals surface area contributed by atoms with E-state index in [1.807, 2.05) is 0 Å². The lowest BCUT2D eigenvalue weighted by atomic mass is 9.75. The molecule has 0 aromatic heterocycles. The summed E-state index contributed by atoms with van der Waals surface area (Å²) in [5.74, 6) is 0.717. The Balaban J connectivity index is 2.61. The number of carbonyl (C=O) groups excluding carboxylic acids is 1. The summed E-state index contributed by atoms with van der Waals surface area (Å²) in [6.45, 7) is 4.80. The zero-order valence-electron chi connectivity index (χ0n) is 12.5. The number of methoxy groups -OCH3 is 1. The van der Waals surface area contributed by atoms with E-state index in [9.17, 15) is 4.79 Å². The summed E-state index contributed by atoms with van der Waals surface area (Å²) in [6.07, 6.45) is 4.49. The molecule has 0 heterocycles. The van der Waals surface area contributed by atoms with Crippen molar-refractivity contribution in [1.82, 2.24) is 10.2 Å². The summed E-state index contributed by atoms with van der Waals surface area (Å²) in [5, 5.41) is 3.04. The van der Waals surface area contributed by atoms with Crippen LogP contribution < -0.4 is 5.32 Å². The normalized spacial score (nSPS) is 30.2. The minimum Gasteiger partial charge on any atom is -0.372 e. The molecule has 1 aliphatic rings. The Kier molecular flexibility index (Phi) is 5.60. The molecule has 1 N–H and O–H groups in total. The molecule has 18 heavy (non-hydrogen) atoms. The first kappa shape index (κ1) is 15.4. The number of likely N-dealkylation sites (N-methyl/N-ethyl adjacent to an activating group) is 1. The van der Waals surface area contributed by atoms with Crippen molar-refractivity contribution in [1.29, 1.82) is 0 Å². The maximum absolute atomic E-state index is 11.8. The van der Waals surface area contributed by atoms with Crippen LogP contribution in [0, 0.1) is 5.92 Å². The summed E-state index contributed by atoms with van der Waals surface area (Å²) < 4.78 is 5.04. The van der Waals surface area contributed by atoms with Crippen LogP contribution in [0.1, 0.15) is 39.5 Å². The molecule has 4 nitrogen and oxygen atoms in total. The molecule has 1 aliphatic carbocycles. The fourth-order valence-corrected chi connectivity index (χ4v) is 2.86. The van der Waals surface area contributed by atoms with E-state index in [0.717, 1.165) is 25.3 Å². The number of hydrogen-bond donors (Lipinski definition) is 1. The first-order chi connectivity index (χ1) is 8.41. The first-order valence-corrected chi connectivity index (χ1v) is 6.89. The lowest BCUT2D eigenvalue weighted by Gasteiger charge is -2.45. The number of carbonyl (C=O) groups is 1. The molecule has 0 aliphatic heterocycles. The predicted octanol–water partition coefficient (Wildman–Crippen LogP) is 1.65. The third-order valence-electron chi connectivity index (χ3n) is 4.33. The number of nitrogens with one attached hydrogen (secondary N) is 1. The predicted molar refractivity (Wildman–Crippen MR) is 73.5 cm³/mol. The minimum atomic E-state index is -0.370. The maximum Gasteiger partial charge on any atom is 0.248 e. The Morgan fingerprint density at radius 1 is 1.56 bits per heavy atom. The molecule has 4 heteroatoms. The van der Waals surface area contributed by atoms with Gasteiger partial charge in [0.2, 0.25) is 5.91 Å². The third kappa shape index (κ3) is 3.69. The van der Waals surface area contributed by atoms with E-state index in [0.29, 0.717) is 0 Å². The molecule has 1 fully saturated rings. The van der Waals surface area contributed by atoms with Gasteiger partial charge in [0, 0.05) is 19.2 Å². The van der Waals surface area contributed by atoms with E-state index in [1.165, 1.54) is 12.8 Å². The summed E-state index contributed by atoms with van der Waals surface area (Å²) >= 11 is 0. The van der Waals surface area contributed by atoms with Crippen LogP contribution in [0.15, 0.2) is 0 Å². The third-order valence-corrected chi connectivity index (χ3v) is 4.33. The van der Waals surface area contributed by atoms with Gasteiger partial charge in [-0.25, -0.2) is 0 Å². The molecular formula is C14H28N2O2. The molecule has 3 unspecified atom stereocenters. The van der Waals surface area contributed by atoms with Crippen LogP contribution in [0.3, 0.4) is 0 Å². The average molecular weight is 256 g/mol. The van der Waals surface area contributed by atoms with Crippen molar-refractivity contribution in [2.45, 2.75) is 51.2 Å². The molecule has 0 aromatic carbocycles. The lowest BCUT2D eigenvalue weighted by Crippen LogP contribution is -2.56. The molecule has 0 spiro atoms. The molecule has 3 atom stereocenters. The zero-order valence-corrected chi connectivity index (χ0v) is 12.5. The number of ether oxygens (including phenoxy) is 1. The van der Waals surface area contributed by atoms with Crippen LogP contribution in [0.4, 0.5) is 0 Å². The van der Waals surface area contributed by atoms with Gasteiger partial charge in [0.1, 0.15) is 6.10 Å². The molecule has 0 aromatic rings. The Morgan fingerprint density at radius 3 is 2.72 bits per heavy atom. The van der Waals surface area contributed by atoms with Gasteiger partial charge in [0.15, 0.2) is 0 Å². The number of nitrogens with zero attached hydrogens (tertiary/aromatic N) is 1. The van der Waals surface area contributed by atoms with Crippen LogP contribution in [0.2, 0.25) is 0 Å². The van der Waals surface area contributed by atoms with E-state index in [4.69, 9.17) is 4.74 Å². The fourth-order valence-electron chi connectivity index (χ4n) is 2.86. The van der Waals surface area contributed by atoms with Gasteiger partial charge in [0.05, 0.1) is 0 Å². The van der Waals surface area contributed by atoms with Crippen molar-refractivity contribution < 1.29 is 9.53 Å². The maximum atomic E-state index is 11.8.